The molecule has 0 aliphatic carbocycles. The number of nitrogens with zero attached hydrogens (tertiary/aromatic N) is 5. The topological polar surface area (TPSA) is 90.6 Å². The van der Waals surface area contributed by atoms with Crippen LogP contribution < -0.4 is 5.69 Å². The van der Waals surface area contributed by atoms with E-state index >= 15 is 0 Å². The van der Waals surface area contributed by atoms with Gasteiger partial charge in [-0.25, -0.2) is 19.2 Å². The minimum Gasteiger partial charge on any atom is -0.381 e. The first-order valence-corrected chi connectivity index (χ1v) is 10.5. The van der Waals surface area contributed by atoms with Gasteiger partial charge in [0, 0.05) is 30.9 Å². The number of aromatic nitrogens is 6. The predicted octanol–water partition coefficient (Wildman–Crippen LogP) is 3.62. The molecule has 1 aliphatic rings. The van der Waals surface area contributed by atoms with Crippen LogP contribution in [0.25, 0.3) is 39.4 Å². The molecule has 0 saturated carbocycles. The van der Waals surface area contributed by atoms with Gasteiger partial charge in [0.05, 0.1) is 11.0 Å². The molecule has 3 aromatic heterocycles. The van der Waals surface area contributed by atoms with Gasteiger partial charge in [0.1, 0.15) is 23.4 Å². The lowest BCUT2D eigenvalue weighted by Crippen LogP contribution is -2.27. The SMILES string of the molecule is O=c1[nH]c2c(-c3ccccc3)nc(-n3cnc4ccc(F)cc43)nc2n1C1CCOCC1. The summed E-state index contributed by atoms with van der Waals surface area (Å²) in [4.78, 5) is 29.9. The average molecular weight is 430 g/mol. The van der Waals surface area contributed by atoms with E-state index in [9.17, 15) is 9.18 Å². The van der Waals surface area contributed by atoms with E-state index in [0.717, 1.165) is 18.4 Å². The summed E-state index contributed by atoms with van der Waals surface area (Å²) in [5.74, 6) is -0.0476. The molecule has 0 amide bonds. The van der Waals surface area contributed by atoms with Gasteiger partial charge in [-0.2, -0.15) is 4.98 Å². The third-order valence-electron chi connectivity index (χ3n) is 5.88. The minimum atomic E-state index is -0.371. The Balaban J connectivity index is 1.65. The zero-order valence-electron chi connectivity index (χ0n) is 17.0. The van der Waals surface area contributed by atoms with Crippen LogP contribution in [-0.4, -0.2) is 42.3 Å². The van der Waals surface area contributed by atoms with E-state index < -0.39 is 0 Å². The van der Waals surface area contributed by atoms with E-state index in [4.69, 9.17) is 14.7 Å². The molecule has 1 N–H and O–H groups in total. The standard InChI is InChI=1S/C23H19FN6O2/c24-15-6-7-17-18(12-15)29(13-25-17)22-26-19(14-4-2-1-3-5-14)20-21(28-22)30(23(31)27-20)16-8-10-32-11-9-16/h1-7,12-13,16H,8-11H2,(H,27,31). The van der Waals surface area contributed by atoms with E-state index in [0.29, 0.717) is 47.1 Å². The van der Waals surface area contributed by atoms with Crippen molar-refractivity contribution in [1.82, 2.24) is 29.1 Å². The third-order valence-corrected chi connectivity index (χ3v) is 5.88. The number of ether oxygens (including phenoxy) is 1. The van der Waals surface area contributed by atoms with Gasteiger partial charge in [0.2, 0.25) is 5.95 Å². The molecule has 5 aromatic rings. The van der Waals surface area contributed by atoms with Crippen molar-refractivity contribution in [3.63, 3.8) is 0 Å². The normalized spacial score (nSPS) is 15.0. The molecule has 1 fully saturated rings. The van der Waals surface area contributed by atoms with Crippen LogP contribution in [0.5, 0.6) is 0 Å². The van der Waals surface area contributed by atoms with Crippen LogP contribution >= 0.6 is 0 Å². The summed E-state index contributed by atoms with van der Waals surface area (Å²) < 4.78 is 22.8. The molecule has 1 saturated heterocycles. The van der Waals surface area contributed by atoms with Crippen LogP contribution in [0, 0.1) is 5.82 Å². The summed E-state index contributed by atoms with van der Waals surface area (Å²) in [6.45, 7) is 1.19. The first-order valence-electron chi connectivity index (χ1n) is 10.5. The largest absolute Gasteiger partial charge is 0.381 e. The number of aromatic amines is 1. The molecule has 0 bridgehead atoms. The fourth-order valence-electron chi connectivity index (χ4n) is 4.33. The molecular weight excluding hydrogens is 411 g/mol. The third kappa shape index (κ3) is 3.01. The van der Waals surface area contributed by atoms with Crippen molar-refractivity contribution in [3.8, 4) is 17.2 Å². The summed E-state index contributed by atoms with van der Waals surface area (Å²) in [5.41, 5.74) is 3.50. The lowest BCUT2D eigenvalue weighted by molar-refractivity contribution is 0.0697. The molecule has 2 aromatic carbocycles. The monoisotopic (exact) mass is 430 g/mol. The van der Waals surface area contributed by atoms with Crippen LogP contribution in [0.2, 0.25) is 0 Å². The van der Waals surface area contributed by atoms with Crippen molar-refractivity contribution in [2.75, 3.05) is 13.2 Å². The maximum Gasteiger partial charge on any atom is 0.327 e. The lowest BCUT2D eigenvalue weighted by Gasteiger charge is -2.23. The number of halogens is 1. The molecule has 0 spiro atoms. The molecular formula is C23H19FN6O2. The number of hydrogen-bond donors (Lipinski definition) is 1. The van der Waals surface area contributed by atoms with Crippen molar-refractivity contribution in [2.24, 2.45) is 0 Å². The van der Waals surface area contributed by atoms with Gasteiger partial charge in [-0.05, 0) is 25.0 Å². The Hall–Kier alpha value is -3.85. The first kappa shape index (κ1) is 18.9. The number of benzene rings is 2. The van der Waals surface area contributed by atoms with Gasteiger partial charge in [-0.3, -0.25) is 9.13 Å². The Morgan fingerprint density at radius 3 is 2.69 bits per heavy atom. The number of H-pyrrole nitrogens is 1. The van der Waals surface area contributed by atoms with Gasteiger partial charge < -0.3 is 9.72 Å². The predicted molar refractivity (Wildman–Crippen MR) is 117 cm³/mol. The van der Waals surface area contributed by atoms with E-state index in [1.54, 1.807) is 21.5 Å². The number of hydrogen-bond acceptors (Lipinski definition) is 5. The summed E-state index contributed by atoms with van der Waals surface area (Å²) in [6.07, 6.45) is 3.03. The highest BCUT2D eigenvalue weighted by atomic mass is 19.1. The zero-order chi connectivity index (χ0) is 21.7. The van der Waals surface area contributed by atoms with Crippen molar-refractivity contribution < 1.29 is 9.13 Å². The fourth-order valence-corrected chi connectivity index (χ4v) is 4.33. The maximum atomic E-state index is 14.0. The highest BCUT2D eigenvalue weighted by Gasteiger charge is 2.24. The Kier molecular flexibility index (Phi) is 4.36. The van der Waals surface area contributed by atoms with Crippen LogP contribution in [0.1, 0.15) is 18.9 Å². The van der Waals surface area contributed by atoms with Crippen LogP contribution in [0.15, 0.2) is 59.7 Å². The first-order chi connectivity index (χ1) is 15.7. The molecule has 0 unspecified atom stereocenters. The Morgan fingerprint density at radius 2 is 1.88 bits per heavy atom. The molecule has 4 heterocycles. The second-order valence-electron chi connectivity index (χ2n) is 7.83. The average Bonchev–Trinajstić information content (AvgIpc) is 3.39. The molecule has 0 atom stereocenters. The van der Waals surface area contributed by atoms with Crippen LogP contribution in [0.4, 0.5) is 4.39 Å². The fraction of sp³-hybridized carbons (Fsp3) is 0.217. The van der Waals surface area contributed by atoms with Gasteiger partial charge in [-0.15, -0.1) is 0 Å². The van der Waals surface area contributed by atoms with Crippen LogP contribution in [-0.2, 0) is 4.74 Å². The minimum absolute atomic E-state index is 0.0200. The Labute approximate surface area is 181 Å². The van der Waals surface area contributed by atoms with Gasteiger partial charge in [-0.1, -0.05) is 30.3 Å². The van der Waals surface area contributed by atoms with Gasteiger partial charge in [0.15, 0.2) is 5.65 Å². The molecule has 0 radical (unpaired) electrons. The van der Waals surface area contributed by atoms with Crippen molar-refractivity contribution in [3.05, 3.63) is 71.2 Å². The highest BCUT2D eigenvalue weighted by molar-refractivity contribution is 5.88. The molecule has 1 aliphatic heterocycles. The van der Waals surface area contributed by atoms with Gasteiger partial charge in [0.25, 0.3) is 0 Å². The summed E-state index contributed by atoms with van der Waals surface area (Å²) in [7, 11) is 0. The van der Waals surface area contributed by atoms with E-state index in [2.05, 4.69) is 9.97 Å². The zero-order valence-corrected chi connectivity index (χ0v) is 17.0. The van der Waals surface area contributed by atoms with E-state index in [1.807, 2.05) is 30.3 Å². The van der Waals surface area contributed by atoms with Gasteiger partial charge >= 0.3 is 5.69 Å². The number of imidazole rings is 2. The summed E-state index contributed by atoms with van der Waals surface area (Å²) >= 11 is 0. The second-order valence-corrected chi connectivity index (χ2v) is 7.83. The van der Waals surface area contributed by atoms with E-state index in [-0.39, 0.29) is 17.5 Å². The highest BCUT2D eigenvalue weighted by Crippen LogP contribution is 2.29. The molecule has 160 valence electrons. The van der Waals surface area contributed by atoms with Crippen molar-refractivity contribution in [1.29, 1.82) is 0 Å². The number of nitrogens with one attached hydrogen (secondary N) is 1. The Morgan fingerprint density at radius 1 is 1.06 bits per heavy atom. The smallest absolute Gasteiger partial charge is 0.327 e. The number of rotatable bonds is 3. The molecule has 9 heteroatoms. The van der Waals surface area contributed by atoms with Crippen molar-refractivity contribution >= 4 is 22.2 Å². The maximum absolute atomic E-state index is 14.0. The lowest BCUT2D eigenvalue weighted by atomic mass is 10.1. The summed E-state index contributed by atoms with van der Waals surface area (Å²) in [5, 5.41) is 0. The van der Waals surface area contributed by atoms with Crippen LogP contribution in [0.3, 0.4) is 0 Å². The van der Waals surface area contributed by atoms with E-state index in [1.165, 1.54) is 12.1 Å². The summed E-state index contributed by atoms with van der Waals surface area (Å²) in [6, 6.07) is 14.0. The molecule has 32 heavy (non-hydrogen) atoms. The number of fused-ring (bicyclic) bond motifs is 2. The Bertz CT molecular complexity index is 1500. The quantitative estimate of drug-likeness (QED) is 0.472. The van der Waals surface area contributed by atoms with Crippen molar-refractivity contribution in [2.45, 2.75) is 18.9 Å². The second kappa shape index (κ2) is 7.38. The molecule has 8 nitrogen and oxygen atoms in total. The molecule has 6 rings (SSSR count).